The summed E-state index contributed by atoms with van der Waals surface area (Å²) in [4.78, 5) is 12.4. The van der Waals surface area contributed by atoms with Gasteiger partial charge in [-0.3, -0.25) is 4.79 Å². The summed E-state index contributed by atoms with van der Waals surface area (Å²) in [5.41, 5.74) is 3.38. The molecule has 3 heteroatoms. The quantitative estimate of drug-likeness (QED) is 0.784. The Morgan fingerprint density at radius 2 is 1.84 bits per heavy atom. The molecule has 0 bridgehead atoms. The van der Waals surface area contributed by atoms with Crippen LogP contribution in [-0.2, 0) is 0 Å². The maximum atomic E-state index is 12.4. The van der Waals surface area contributed by atoms with Crippen molar-refractivity contribution in [2.24, 2.45) is 0 Å². The number of aryl methyl sites for hydroxylation is 2. The Bertz CT molecular complexity index is 633. The lowest BCUT2D eigenvalue weighted by molar-refractivity contribution is 0.103. The average Bonchev–Trinajstić information content (AvgIpc) is 2.38. The summed E-state index contributed by atoms with van der Waals surface area (Å²) in [6.07, 6.45) is 0. The summed E-state index contributed by atoms with van der Waals surface area (Å²) in [7, 11) is 1.55. The summed E-state index contributed by atoms with van der Waals surface area (Å²) in [6.45, 7) is 3.94. The molecule has 0 saturated carbocycles. The van der Waals surface area contributed by atoms with Crippen molar-refractivity contribution in [1.82, 2.24) is 0 Å². The molecule has 2 aromatic carbocycles. The zero-order valence-corrected chi connectivity index (χ0v) is 11.9. The van der Waals surface area contributed by atoms with Gasteiger partial charge in [0.1, 0.15) is 5.75 Å². The van der Waals surface area contributed by atoms with Gasteiger partial charge in [-0.15, -0.1) is 0 Å². The number of hydrogen-bond acceptors (Lipinski definition) is 2. The van der Waals surface area contributed by atoms with Crippen molar-refractivity contribution in [1.29, 1.82) is 0 Å². The molecule has 2 aromatic rings. The molecular formula is C16H15ClO2. The van der Waals surface area contributed by atoms with E-state index in [0.29, 0.717) is 21.9 Å². The van der Waals surface area contributed by atoms with Gasteiger partial charge < -0.3 is 4.74 Å². The summed E-state index contributed by atoms with van der Waals surface area (Å²) in [5.74, 6) is 0.542. The SMILES string of the molecule is COc1ccc(C(=O)c2ccc(C)cc2C)cc1Cl. The van der Waals surface area contributed by atoms with Crippen LogP contribution in [0.5, 0.6) is 5.75 Å². The maximum absolute atomic E-state index is 12.4. The predicted octanol–water partition coefficient (Wildman–Crippen LogP) is 4.20. The highest BCUT2D eigenvalue weighted by atomic mass is 35.5. The third-order valence-electron chi connectivity index (χ3n) is 3.04. The molecule has 2 rings (SSSR count). The van der Waals surface area contributed by atoms with Crippen LogP contribution in [0.4, 0.5) is 0 Å². The molecule has 0 fully saturated rings. The topological polar surface area (TPSA) is 26.3 Å². The van der Waals surface area contributed by atoms with E-state index < -0.39 is 0 Å². The van der Waals surface area contributed by atoms with Gasteiger partial charge in [0.25, 0.3) is 0 Å². The van der Waals surface area contributed by atoms with Crippen LogP contribution in [-0.4, -0.2) is 12.9 Å². The third-order valence-corrected chi connectivity index (χ3v) is 3.34. The highest BCUT2D eigenvalue weighted by Crippen LogP contribution is 2.26. The fourth-order valence-corrected chi connectivity index (χ4v) is 2.29. The van der Waals surface area contributed by atoms with E-state index in [1.165, 1.54) is 0 Å². The molecular weight excluding hydrogens is 260 g/mol. The summed E-state index contributed by atoms with van der Waals surface area (Å²) in [5, 5.41) is 0.443. The smallest absolute Gasteiger partial charge is 0.193 e. The number of hydrogen-bond donors (Lipinski definition) is 0. The van der Waals surface area contributed by atoms with E-state index in [1.54, 1.807) is 25.3 Å². The van der Waals surface area contributed by atoms with Crippen molar-refractivity contribution in [3.8, 4) is 5.75 Å². The lowest BCUT2D eigenvalue weighted by Gasteiger charge is -2.08. The van der Waals surface area contributed by atoms with Crippen LogP contribution in [0.25, 0.3) is 0 Å². The molecule has 98 valence electrons. The van der Waals surface area contributed by atoms with E-state index >= 15 is 0 Å². The number of carbonyl (C=O) groups excluding carboxylic acids is 1. The molecule has 0 heterocycles. The van der Waals surface area contributed by atoms with Crippen LogP contribution in [0.1, 0.15) is 27.0 Å². The van der Waals surface area contributed by atoms with E-state index in [0.717, 1.165) is 11.1 Å². The van der Waals surface area contributed by atoms with E-state index in [4.69, 9.17) is 16.3 Å². The van der Waals surface area contributed by atoms with Gasteiger partial charge >= 0.3 is 0 Å². The molecule has 0 aliphatic heterocycles. The molecule has 0 spiro atoms. The first kappa shape index (κ1) is 13.6. The first-order valence-corrected chi connectivity index (χ1v) is 6.36. The van der Waals surface area contributed by atoms with Gasteiger partial charge in [-0.1, -0.05) is 35.4 Å². The van der Waals surface area contributed by atoms with Gasteiger partial charge in [0.2, 0.25) is 0 Å². The highest BCUT2D eigenvalue weighted by molar-refractivity contribution is 6.32. The molecule has 0 amide bonds. The molecule has 0 aliphatic rings. The molecule has 0 atom stereocenters. The van der Waals surface area contributed by atoms with Crippen LogP contribution in [0.15, 0.2) is 36.4 Å². The van der Waals surface area contributed by atoms with Crippen molar-refractivity contribution in [2.45, 2.75) is 13.8 Å². The average molecular weight is 275 g/mol. The third kappa shape index (κ3) is 2.79. The summed E-state index contributed by atoms with van der Waals surface area (Å²) < 4.78 is 5.08. The molecule has 0 unspecified atom stereocenters. The Morgan fingerprint density at radius 1 is 1.11 bits per heavy atom. The van der Waals surface area contributed by atoms with E-state index in [2.05, 4.69) is 0 Å². The number of halogens is 1. The number of methoxy groups -OCH3 is 1. The zero-order valence-electron chi connectivity index (χ0n) is 11.2. The Hall–Kier alpha value is -1.80. The monoisotopic (exact) mass is 274 g/mol. The number of ether oxygens (including phenoxy) is 1. The second-order valence-corrected chi connectivity index (χ2v) is 4.90. The second-order valence-electron chi connectivity index (χ2n) is 4.50. The van der Waals surface area contributed by atoms with Gasteiger partial charge in [-0.05, 0) is 37.6 Å². The van der Waals surface area contributed by atoms with Crippen molar-refractivity contribution < 1.29 is 9.53 Å². The molecule has 0 N–H and O–H groups in total. The number of benzene rings is 2. The van der Waals surface area contributed by atoms with E-state index in [-0.39, 0.29) is 5.78 Å². The number of rotatable bonds is 3. The van der Waals surface area contributed by atoms with Crippen LogP contribution >= 0.6 is 11.6 Å². The first-order chi connectivity index (χ1) is 9.02. The lowest BCUT2D eigenvalue weighted by Crippen LogP contribution is -2.04. The lowest BCUT2D eigenvalue weighted by atomic mass is 9.97. The predicted molar refractivity (Wildman–Crippen MR) is 77.4 cm³/mol. The largest absolute Gasteiger partial charge is 0.495 e. The summed E-state index contributed by atoms with van der Waals surface area (Å²) in [6, 6.07) is 10.9. The normalized spacial score (nSPS) is 10.3. The fraction of sp³-hybridized carbons (Fsp3) is 0.188. The minimum absolute atomic E-state index is 0.0259. The minimum Gasteiger partial charge on any atom is -0.495 e. The molecule has 19 heavy (non-hydrogen) atoms. The molecule has 2 nitrogen and oxygen atoms in total. The Balaban J connectivity index is 2.41. The van der Waals surface area contributed by atoms with Crippen molar-refractivity contribution in [3.63, 3.8) is 0 Å². The Labute approximate surface area is 118 Å². The Morgan fingerprint density at radius 3 is 2.42 bits per heavy atom. The van der Waals surface area contributed by atoms with Crippen LogP contribution in [0.2, 0.25) is 5.02 Å². The molecule has 0 radical (unpaired) electrons. The van der Waals surface area contributed by atoms with Gasteiger partial charge in [0.05, 0.1) is 12.1 Å². The van der Waals surface area contributed by atoms with Crippen LogP contribution in [0, 0.1) is 13.8 Å². The Kier molecular flexibility index (Phi) is 3.91. The van der Waals surface area contributed by atoms with E-state index in [9.17, 15) is 4.79 Å². The minimum atomic E-state index is -0.0259. The first-order valence-electron chi connectivity index (χ1n) is 5.98. The number of carbonyl (C=O) groups is 1. The number of ketones is 1. The zero-order chi connectivity index (χ0) is 14.0. The van der Waals surface area contributed by atoms with Crippen LogP contribution < -0.4 is 4.74 Å². The summed E-state index contributed by atoms with van der Waals surface area (Å²) >= 11 is 6.05. The van der Waals surface area contributed by atoms with Crippen LogP contribution in [0.3, 0.4) is 0 Å². The standard InChI is InChI=1S/C16H15ClO2/c1-10-4-6-13(11(2)8-10)16(18)12-5-7-15(19-3)14(17)9-12/h4-9H,1-3H3. The molecule has 0 aromatic heterocycles. The second kappa shape index (κ2) is 5.45. The van der Waals surface area contributed by atoms with Crippen molar-refractivity contribution >= 4 is 17.4 Å². The van der Waals surface area contributed by atoms with Crippen molar-refractivity contribution in [2.75, 3.05) is 7.11 Å². The van der Waals surface area contributed by atoms with Crippen molar-refractivity contribution in [3.05, 3.63) is 63.7 Å². The molecule has 0 aliphatic carbocycles. The fourth-order valence-electron chi connectivity index (χ4n) is 2.03. The van der Waals surface area contributed by atoms with Gasteiger partial charge in [0.15, 0.2) is 5.78 Å². The van der Waals surface area contributed by atoms with Gasteiger partial charge in [0, 0.05) is 11.1 Å². The maximum Gasteiger partial charge on any atom is 0.193 e. The van der Waals surface area contributed by atoms with Gasteiger partial charge in [-0.25, -0.2) is 0 Å². The molecule has 0 saturated heterocycles. The highest BCUT2D eigenvalue weighted by Gasteiger charge is 2.13. The van der Waals surface area contributed by atoms with E-state index in [1.807, 2.05) is 32.0 Å². The van der Waals surface area contributed by atoms with Gasteiger partial charge in [-0.2, -0.15) is 0 Å².